The number of hydrogen-bond donors (Lipinski definition) is 0. The third-order valence-corrected chi connectivity index (χ3v) is 5.60. The third-order valence-electron chi connectivity index (χ3n) is 5.60. The highest BCUT2D eigenvalue weighted by Crippen LogP contribution is 2.29. The first kappa shape index (κ1) is 17.4. The lowest BCUT2D eigenvalue weighted by molar-refractivity contribution is 0.736. The van der Waals surface area contributed by atoms with Crippen molar-refractivity contribution < 1.29 is 0 Å². The summed E-state index contributed by atoms with van der Waals surface area (Å²) in [6, 6.07) is 21.1. The van der Waals surface area contributed by atoms with Crippen molar-refractivity contribution >= 4 is 44.2 Å². The highest BCUT2D eigenvalue weighted by atomic mass is 15.4. The molecule has 0 atom stereocenters. The molecular weight excluding hydrogens is 360 g/mol. The van der Waals surface area contributed by atoms with Crippen LogP contribution in [-0.4, -0.2) is 32.3 Å². The molecule has 5 aromatic rings. The number of rotatable bonds is 3. The highest BCUT2D eigenvalue weighted by molar-refractivity contribution is 6.11. The molecule has 29 heavy (non-hydrogen) atoms. The van der Waals surface area contributed by atoms with Crippen LogP contribution in [-0.2, 0) is 14.1 Å². The maximum absolute atomic E-state index is 4.83. The summed E-state index contributed by atoms with van der Waals surface area (Å²) in [5.74, 6) is 0. The topological polar surface area (TPSA) is 51.2 Å². The molecule has 0 saturated heterocycles. The van der Waals surface area contributed by atoms with E-state index in [-0.39, 0.29) is 0 Å². The minimum absolute atomic E-state index is 0.881. The third kappa shape index (κ3) is 2.76. The van der Waals surface area contributed by atoms with E-state index in [1.165, 1.54) is 21.8 Å². The maximum Gasteiger partial charge on any atom is 0.113 e. The van der Waals surface area contributed by atoms with E-state index in [0.29, 0.717) is 0 Å². The van der Waals surface area contributed by atoms with Gasteiger partial charge in [0.15, 0.2) is 0 Å². The number of aromatic nitrogens is 4. The van der Waals surface area contributed by atoms with Crippen LogP contribution in [0.15, 0.2) is 65.8 Å². The number of hydrazone groups is 1. The Labute approximate surface area is 168 Å². The van der Waals surface area contributed by atoms with Crippen molar-refractivity contribution in [3.8, 4) is 0 Å². The molecule has 0 N–H and O–H groups in total. The lowest BCUT2D eigenvalue weighted by atomic mass is 10.1. The van der Waals surface area contributed by atoms with Crippen LogP contribution in [0.4, 0.5) is 5.69 Å². The summed E-state index contributed by atoms with van der Waals surface area (Å²) in [5, 5.41) is 17.4. The predicted molar refractivity (Wildman–Crippen MR) is 120 cm³/mol. The van der Waals surface area contributed by atoms with Crippen molar-refractivity contribution in [2.24, 2.45) is 19.2 Å². The van der Waals surface area contributed by atoms with E-state index in [1.54, 1.807) is 4.68 Å². The Morgan fingerprint density at radius 2 is 1.69 bits per heavy atom. The van der Waals surface area contributed by atoms with Crippen LogP contribution in [0.25, 0.3) is 32.8 Å². The fourth-order valence-electron chi connectivity index (χ4n) is 3.95. The molecule has 0 spiro atoms. The molecule has 0 aliphatic rings. The van der Waals surface area contributed by atoms with Gasteiger partial charge in [-0.25, -0.2) is 4.68 Å². The minimum atomic E-state index is 0.881. The van der Waals surface area contributed by atoms with E-state index in [4.69, 9.17) is 5.10 Å². The quantitative estimate of drug-likeness (QED) is 0.342. The van der Waals surface area contributed by atoms with Crippen molar-refractivity contribution in [1.29, 1.82) is 0 Å². The van der Waals surface area contributed by atoms with Crippen LogP contribution >= 0.6 is 0 Å². The summed E-state index contributed by atoms with van der Waals surface area (Å²) in [5.41, 5.74) is 7.41. The molecule has 0 saturated carbocycles. The Morgan fingerprint density at radius 1 is 0.897 bits per heavy atom. The number of fused-ring (bicyclic) bond motifs is 4. The number of benzene rings is 3. The van der Waals surface area contributed by atoms with E-state index < -0.39 is 0 Å². The van der Waals surface area contributed by atoms with Gasteiger partial charge in [-0.3, -0.25) is 5.01 Å². The molecule has 5 rings (SSSR count). The van der Waals surface area contributed by atoms with Crippen molar-refractivity contribution in [2.45, 2.75) is 6.92 Å². The fourth-order valence-corrected chi connectivity index (χ4v) is 3.95. The highest BCUT2D eigenvalue weighted by Gasteiger charge is 2.10. The van der Waals surface area contributed by atoms with E-state index in [2.05, 4.69) is 70.5 Å². The van der Waals surface area contributed by atoms with Gasteiger partial charge in [-0.1, -0.05) is 29.5 Å². The van der Waals surface area contributed by atoms with Gasteiger partial charge in [0.2, 0.25) is 0 Å². The molecule has 2 aromatic heterocycles. The Morgan fingerprint density at radius 3 is 2.55 bits per heavy atom. The standard InChI is InChI=1S/C23H22N6/c1-15(25-28(3)17-10-11-20-23(14-17)29(4)26-24-20)16-9-12-22-19(13-16)18-7-5-6-8-21(18)27(22)2/h5-14H,1-4H3/b25-15-. The number of para-hydroxylation sites is 1. The molecule has 0 amide bonds. The second-order valence-corrected chi connectivity index (χ2v) is 7.40. The van der Waals surface area contributed by atoms with Gasteiger partial charge in [0, 0.05) is 42.9 Å². The van der Waals surface area contributed by atoms with Gasteiger partial charge in [-0.05, 0) is 48.9 Å². The van der Waals surface area contributed by atoms with Crippen molar-refractivity contribution in [2.75, 3.05) is 12.1 Å². The van der Waals surface area contributed by atoms with Gasteiger partial charge < -0.3 is 4.57 Å². The maximum atomic E-state index is 4.83. The molecule has 0 fully saturated rings. The van der Waals surface area contributed by atoms with Crippen molar-refractivity contribution in [3.05, 3.63) is 66.2 Å². The normalized spacial score (nSPS) is 12.3. The van der Waals surface area contributed by atoms with Crippen LogP contribution in [0.2, 0.25) is 0 Å². The zero-order valence-electron chi connectivity index (χ0n) is 17.0. The van der Waals surface area contributed by atoms with E-state index in [1.807, 2.05) is 38.2 Å². The smallest absolute Gasteiger partial charge is 0.113 e. The summed E-state index contributed by atoms with van der Waals surface area (Å²) in [6.45, 7) is 2.05. The SMILES string of the molecule is C/C(=N/N(C)c1ccc2nnn(C)c2c1)c1ccc2c(c1)c1ccccc1n2C. The largest absolute Gasteiger partial charge is 0.344 e. The second kappa shape index (κ2) is 6.44. The summed E-state index contributed by atoms with van der Waals surface area (Å²) in [4.78, 5) is 0. The van der Waals surface area contributed by atoms with Crippen LogP contribution in [0.5, 0.6) is 0 Å². The molecule has 3 aromatic carbocycles. The van der Waals surface area contributed by atoms with E-state index >= 15 is 0 Å². The lowest BCUT2D eigenvalue weighted by Crippen LogP contribution is -2.12. The number of hydrogen-bond acceptors (Lipinski definition) is 4. The van der Waals surface area contributed by atoms with Crippen LogP contribution in [0.1, 0.15) is 12.5 Å². The molecule has 0 bridgehead atoms. The first-order valence-corrected chi connectivity index (χ1v) is 9.59. The van der Waals surface area contributed by atoms with E-state index in [0.717, 1.165) is 28.0 Å². The Hall–Kier alpha value is -3.67. The number of aryl methyl sites for hydroxylation is 2. The Balaban J connectivity index is 1.55. The number of nitrogens with zero attached hydrogens (tertiary/aromatic N) is 6. The average molecular weight is 382 g/mol. The zero-order chi connectivity index (χ0) is 20.1. The van der Waals surface area contributed by atoms with Crippen LogP contribution in [0, 0.1) is 0 Å². The van der Waals surface area contributed by atoms with Gasteiger partial charge in [0.25, 0.3) is 0 Å². The first-order valence-electron chi connectivity index (χ1n) is 9.59. The number of anilines is 1. The predicted octanol–water partition coefficient (Wildman–Crippen LogP) is 4.47. The second-order valence-electron chi connectivity index (χ2n) is 7.40. The van der Waals surface area contributed by atoms with Gasteiger partial charge >= 0.3 is 0 Å². The Bertz CT molecular complexity index is 1410. The van der Waals surface area contributed by atoms with Crippen LogP contribution < -0.4 is 5.01 Å². The van der Waals surface area contributed by atoms with Crippen molar-refractivity contribution in [1.82, 2.24) is 19.6 Å². The van der Waals surface area contributed by atoms with E-state index in [9.17, 15) is 0 Å². The molecule has 2 heterocycles. The molecule has 0 aliphatic carbocycles. The lowest BCUT2D eigenvalue weighted by Gasteiger charge is -2.15. The summed E-state index contributed by atoms with van der Waals surface area (Å²) in [7, 11) is 5.97. The molecular formula is C23H22N6. The summed E-state index contributed by atoms with van der Waals surface area (Å²) >= 11 is 0. The van der Waals surface area contributed by atoms with Gasteiger partial charge in [-0.15, -0.1) is 5.10 Å². The first-order chi connectivity index (χ1) is 14.0. The zero-order valence-corrected chi connectivity index (χ0v) is 17.0. The molecule has 6 heteroatoms. The monoisotopic (exact) mass is 382 g/mol. The average Bonchev–Trinajstić information content (AvgIpc) is 3.25. The minimum Gasteiger partial charge on any atom is -0.344 e. The molecule has 0 radical (unpaired) electrons. The molecule has 6 nitrogen and oxygen atoms in total. The Kier molecular flexibility index (Phi) is 3.87. The molecule has 0 unspecified atom stereocenters. The summed E-state index contributed by atoms with van der Waals surface area (Å²) < 4.78 is 4.02. The van der Waals surface area contributed by atoms with Gasteiger partial charge in [0.1, 0.15) is 5.52 Å². The van der Waals surface area contributed by atoms with Crippen molar-refractivity contribution in [3.63, 3.8) is 0 Å². The van der Waals surface area contributed by atoms with Gasteiger partial charge in [-0.2, -0.15) is 5.10 Å². The molecule has 144 valence electrons. The fraction of sp³-hybridized carbons (Fsp3) is 0.174. The summed E-state index contributed by atoms with van der Waals surface area (Å²) in [6.07, 6.45) is 0. The molecule has 0 aliphatic heterocycles. The van der Waals surface area contributed by atoms with Crippen LogP contribution in [0.3, 0.4) is 0 Å². The van der Waals surface area contributed by atoms with Gasteiger partial charge in [0.05, 0.1) is 16.9 Å².